The van der Waals surface area contributed by atoms with E-state index in [1.165, 1.54) is 5.56 Å². The SMILES string of the molecule is COCCNCc1c(C)nn(CC(=O)N2CCCC2)c1C. The van der Waals surface area contributed by atoms with E-state index < -0.39 is 0 Å². The van der Waals surface area contributed by atoms with Gasteiger partial charge in [-0.2, -0.15) is 5.10 Å². The van der Waals surface area contributed by atoms with Crippen LogP contribution in [0.3, 0.4) is 0 Å². The molecule has 6 nitrogen and oxygen atoms in total. The maximum Gasteiger partial charge on any atom is 0.244 e. The summed E-state index contributed by atoms with van der Waals surface area (Å²) in [5, 5.41) is 7.85. The Morgan fingerprint density at radius 3 is 2.71 bits per heavy atom. The van der Waals surface area contributed by atoms with E-state index in [0.717, 1.165) is 50.4 Å². The Bertz CT molecular complexity index is 478. The molecule has 0 radical (unpaired) electrons. The minimum absolute atomic E-state index is 0.178. The summed E-state index contributed by atoms with van der Waals surface area (Å²) in [5.41, 5.74) is 3.25. The summed E-state index contributed by atoms with van der Waals surface area (Å²) >= 11 is 0. The highest BCUT2D eigenvalue weighted by atomic mass is 16.5. The fourth-order valence-electron chi connectivity index (χ4n) is 2.73. The number of aromatic nitrogens is 2. The van der Waals surface area contributed by atoms with E-state index in [2.05, 4.69) is 10.4 Å². The number of carbonyl (C=O) groups excluding carboxylic acids is 1. The highest BCUT2D eigenvalue weighted by molar-refractivity contribution is 5.76. The first-order chi connectivity index (χ1) is 10.1. The zero-order valence-corrected chi connectivity index (χ0v) is 13.3. The Labute approximate surface area is 126 Å². The summed E-state index contributed by atoms with van der Waals surface area (Å²) in [7, 11) is 1.69. The van der Waals surface area contributed by atoms with E-state index in [1.54, 1.807) is 7.11 Å². The van der Waals surface area contributed by atoms with Crippen LogP contribution in [0.25, 0.3) is 0 Å². The van der Waals surface area contributed by atoms with Crippen LogP contribution in [0, 0.1) is 13.8 Å². The van der Waals surface area contributed by atoms with E-state index in [4.69, 9.17) is 4.74 Å². The minimum Gasteiger partial charge on any atom is -0.383 e. The molecule has 1 saturated heterocycles. The number of hydrogen-bond donors (Lipinski definition) is 1. The summed E-state index contributed by atoms with van der Waals surface area (Å²) < 4.78 is 6.86. The Morgan fingerprint density at radius 1 is 1.33 bits per heavy atom. The molecule has 0 aliphatic carbocycles. The molecule has 6 heteroatoms. The molecular formula is C15H26N4O2. The third-order valence-electron chi connectivity index (χ3n) is 4.06. The van der Waals surface area contributed by atoms with Crippen LogP contribution in [0.15, 0.2) is 0 Å². The van der Waals surface area contributed by atoms with E-state index in [9.17, 15) is 4.79 Å². The highest BCUT2D eigenvalue weighted by Gasteiger charge is 2.20. The van der Waals surface area contributed by atoms with Crippen molar-refractivity contribution in [1.29, 1.82) is 0 Å². The zero-order chi connectivity index (χ0) is 15.2. The molecule has 1 aliphatic heterocycles. The molecule has 0 bridgehead atoms. The fourth-order valence-corrected chi connectivity index (χ4v) is 2.73. The van der Waals surface area contributed by atoms with Crippen LogP contribution in [0.5, 0.6) is 0 Å². The molecule has 2 rings (SSSR count). The average Bonchev–Trinajstić information content (AvgIpc) is 3.07. The van der Waals surface area contributed by atoms with Gasteiger partial charge in [0.1, 0.15) is 6.54 Å². The number of nitrogens with one attached hydrogen (secondary N) is 1. The maximum atomic E-state index is 12.2. The van der Waals surface area contributed by atoms with Crippen molar-refractivity contribution >= 4 is 5.91 Å². The molecular weight excluding hydrogens is 268 g/mol. The van der Waals surface area contributed by atoms with Crippen LogP contribution in [0.2, 0.25) is 0 Å². The number of likely N-dealkylation sites (tertiary alicyclic amines) is 1. The van der Waals surface area contributed by atoms with E-state index in [0.29, 0.717) is 13.2 Å². The van der Waals surface area contributed by atoms with Crippen LogP contribution in [-0.4, -0.2) is 53.9 Å². The van der Waals surface area contributed by atoms with E-state index in [1.807, 2.05) is 23.4 Å². The molecule has 2 heterocycles. The number of amides is 1. The monoisotopic (exact) mass is 294 g/mol. The number of hydrogen-bond acceptors (Lipinski definition) is 4. The van der Waals surface area contributed by atoms with Gasteiger partial charge < -0.3 is 15.0 Å². The molecule has 118 valence electrons. The Hall–Kier alpha value is -1.40. The first kappa shape index (κ1) is 16.0. The van der Waals surface area contributed by atoms with Gasteiger partial charge in [-0.3, -0.25) is 9.48 Å². The molecule has 1 fully saturated rings. The van der Waals surface area contributed by atoms with Crippen LogP contribution in [-0.2, 0) is 22.6 Å². The molecule has 1 N–H and O–H groups in total. The van der Waals surface area contributed by atoms with Crippen LogP contribution < -0.4 is 5.32 Å². The van der Waals surface area contributed by atoms with Crippen molar-refractivity contribution in [1.82, 2.24) is 20.0 Å². The Kier molecular flexibility index (Phi) is 5.76. The molecule has 1 aliphatic rings. The van der Waals surface area contributed by atoms with Crippen LogP contribution >= 0.6 is 0 Å². The number of nitrogens with zero attached hydrogens (tertiary/aromatic N) is 3. The van der Waals surface area contributed by atoms with Gasteiger partial charge in [-0.1, -0.05) is 0 Å². The van der Waals surface area contributed by atoms with Crippen molar-refractivity contribution in [3.63, 3.8) is 0 Å². The summed E-state index contributed by atoms with van der Waals surface area (Å²) in [5.74, 6) is 0.178. The largest absolute Gasteiger partial charge is 0.383 e. The first-order valence-electron chi connectivity index (χ1n) is 7.63. The fraction of sp³-hybridized carbons (Fsp3) is 0.733. The van der Waals surface area contributed by atoms with Gasteiger partial charge in [-0.15, -0.1) is 0 Å². The van der Waals surface area contributed by atoms with Crippen molar-refractivity contribution in [3.05, 3.63) is 17.0 Å². The van der Waals surface area contributed by atoms with Gasteiger partial charge in [-0.25, -0.2) is 0 Å². The standard InChI is InChI=1S/C15H26N4O2/c1-12-14(10-16-6-9-21-3)13(2)19(17-12)11-15(20)18-7-4-5-8-18/h16H,4-11H2,1-3H3. The lowest BCUT2D eigenvalue weighted by molar-refractivity contribution is -0.130. The third kappa shape index (κ3) is 4.04. The number of carbonyl (C=O) groups is 1. The highest BCUT2D eigenvalue weighted by Crippen LogP contribution is 2.14. The number of aryl methyl sites for hydroxylation is 1. The third-order valence-corrected chi connectivity index (χ3v) is 4.06. The predicted octanol–water partition coefficient (Wildman–Crippen LogP) is 0.858. The normalized spacial score (nSPS) is 14.9. The van der Waals surface area contributed by atoms with E-state index in [-0.39, 0.29) is 5.91 Å². The zero-order valence-electron chi connectivity index (χ0n) is 13.3. The number of methoxy groups -OCH3 is 1. The van der Waals surface area contributed by atoms with Crippen molar-refractivity contribution in [3.8, 4) is 0 Å². The van der Waals surface area contributed by atoms with Gasteiger partial charge in [0.05, 0.1) is 12.3 Å². The lowest BCUT2D eigenvalue weighted by Gasteiger charge is -2.15. The molecule has 1 aromatic heterocycles. The van der Waals surface area contributed by atoms with Crippen molar-refractivity contribution in [2.45, 2.75) is 39.8 Å². The summed E-state index contributed by atoms with van der Waals surface area (Å²) in [6, 6.07) is 0. The van der Waals surface area contributed by atoms with Crippen molar-refractivity contribution in [2.75, 3.05) is 33.4 Å². The quantitative estimate of drug-likeness (QED) is 0.758. The minimum atomic E-state index is 0.178. The lowest BCUT2D eigenvalue weighted by atomic mass is 10.2. The van der Waals surface area contributed by atoms with Gasteiger partial charge >= 0.3 is 0 Å². The molecule has 0 saturated carbocycles. The molecule has 0 atom stereocenters. The summed E-state index contributed by atoms with van der Waals surface area (Å²) in [6.45, 7) is 8.44. The molecule has 0 unspecified atom stereocenters. The smallest absolute Gasteiger partial charge is 0.244 e. The van der Waals surface area contributed by atoms with Gasteiger partial charge in [0.25, 0.3) is 0 Å². The predicted molar refractivity (Wildman–Crippen MR) is 81.1 cm³/mol. The van der Waals surface area contributed by atoms with Gasteiger partial charge in [0.15, 0.2) is 0 Å². The lowest BCUT2D eigenvalue weighted by Crippen LogP contribution is -2.31. The van der Waals surface area contributed by atoms with Crippen molar-refractivity contribution in [2.24, 2.45) is 0 Å². The molecule has 21 heavy (non-hydrogen) atoms. The number of rotatable bonds is 7. The van der Waals surface area contributed by atoms with Crippen LogP contribution in [0.1, 0.15) is 29.8 Å². The topological polar surface area (TPSA) is 59.4 Å². The Balaban J connectivity index is 1.95. The molecule has 1 aromatic rings. The van der Waals surface area contributed by atoms with E-state index >= 15 is 0 Å². The average molecular weight is 294 g/mol. The van der Waals surface area contributed by atoms with Gasteiger partial charge in [-0.05, 0) is 26.7 Å². The van der Waals surface area contributed by atoms with Gasteiger partial charge in [0.2, 0.25) is 5.91 Å². The van der Waals surface area contributed by atoms with Crippen LogP contribution in [0.4, 0.5) is 0 Å². The Morgan fingerprint density at radius 2 is 2.05 bits per heavy atom. The first-order valence-corrected chi connectivity index (χ1v) is 7.63. The summed E-state index contributed by atoms with van der Waals surface area (Å²) in [4.78, 5) is 14.2. The maximum absolute atomic E-state index is 12.2. The second kappa shape index (κ2) is 7.56. The molecule has 0 aromatic carbocycles. The number of ether oxygens (including phenoxy) is 1. The van der Waals surface area contributed by atoms with Gasteiger partial charge in [0, 0.05) is 44.5 Å². The summed E-state index contributed by atoms with van der Waals surface area (Å²) in [6.07, 6.45) is 2.25. The second-order valence-corrected chi connectivity index (χ2v) is 5.56. The van der Waals surface area contributed by atoms with Crippen molar-refractivity contribution < 1.29 is 9.53 Å². The molecule has 1 amide bonds. The second-order valence-electron chi connectivity index (χ2n) is 5.56. The molecule has 0 spiro atoms.